The molecular weight excluding hydrogens is 294 g/mol. The van der Waals surface area contributed by atoms with Crippen molar-refractivity contribution in [1.82, 2.24) is 0 Å². The monoisotopic (exact) mass is 301 g/mol. The Labute approximate surface area is 112 Å². The van der Waals surface area contributed by atoms with E-state index in [1.165, 1.54) is 6.07 Å². The number of phenols is 1. The van der Waals surface area contributed by atoms with E-state index in [9.17, 15) is 5.11 Å². The largest absolute Gasteiger partial charge is 0.507 e. The van der Waals surface area contributed by atoms with Crippen LogP contribution >= 0.6 is 15.9 Å². The summed E-state index contributed by atoms with van der Waals surface area (Å²) < 4.78 is 0.568. The Hall–Kier alpha value is -2.19. The zero-order valence-corrected chi connectivity index (χ0v) is 10.8. The molecule has 0 aliphatic heterocycles. The van der Waals surface area contributed by atoms with Crippen molar-refractivity contribution < 1.29 is 5.11 Å². The van der Waals surface area contributed by atoms with Crippen LogP contribution in [0.5, 0.6) is 5.75 Å². The summed E-state index contributed by atoms with van der Waals surface area (Å²) in [7, 11) is 0. The third-order valence-corrected chi connectivity index (χ3v) is 2.84. The molecule has 1 N–H and O–H groups in total. The average Bonchev–Trinajstić information content (AvgIpc) is 2.41. The van der Waals surface area contributed by atoms with Crippen molar-refractivity contribution in [2.45, 2.75) is 0 Å². The average molecular weight is 302 g/mol. The van der Waals surface area contributed by atoms with E-state index >= 15 is 0 Å². The minimum Gasteiger partial charge on any atom is -0.507 e. The van der Waals surface area contributed by atoms with Crippen molar-refractivity contribution in [1.29, 1.82) is 5.26 Å². The predicted octanol–water partition coefficient (Wildman–Crippen LogP) is 4.44. The third kappa shape index (κ3) is 2.93. The van der Waals surface area contributed by atoms with Gasteiger partial charge in [0.2, 0.25) is 0 Å². The number of phenolic OH excluding ortho intramolecular Hbond substituents is 1. The van der Waals surface area contributed by atoms with Gasteiger partial charge < -0.3 is 5.11 Å². The Balaban J connectivity index is 2.19. The highest BCUT2D eigenvalue weighted by Gasteiger charge is 1.98. The van der Waals surface area contributed by atoms with Crippen LogP contribution in [0.25, 0.3) is 0 Å². The molecule has 0 unspecified atom stereocenters. The molecule has 4 nitrogen and oxygen atoms in total. The van der Waals surface area contributed by atoms with Crippen LogP contribution in [0.3, 0.4) is 0 Å². The molecule has 0 saturated carbocycles. The standard InChI is InChI=1S/C13H8BrN3O/c14-12-7-11(5-6-13(12)18)17-16-10-3-1-9(8-15)2-4-10/h1-7,18H/b17-16+. The summed E-state index contributed by atoms with van der Waals surface area (Å²) in [5.74, 6) is 0.160. The highest BCUT2D eigenvalue weighted by atomic mass is 79.9. The number of halogens is 1. The number of hydrogen-bond acceptors (Lipinski definition) is 4. The molecule has 2 aromatic rings. The van der Waals surface area contributed by atoms with E-state index in [2.05, 4.69) is 26.2 Å². The van der Waals surface area contributed by atoms with Crippen LogP contribution in [-0.2, 0) is 0 Å². The Morgan fingerprint density at radius 3 is 2.22 bits per heavy atom. The summed E-state index contributed by atoms with van der Waals surface area (Å²) in [6, 6.07) is 13.7. The number of hydrogen-bond donors (Lipinski definition) is 1. The van der Waals surface area contributed by atoms with Crippen molar-refractivity contribution in [3.05, 3.63) is 52.5 Å². The van der Waals surface area contributed by atoms with Gasteiger partial charge in [0.05, 0.1) is 27.5 Å². The topological polar surface area (TPSA) is 68.7 Å². The summed E-state index contributed by atoms with van der Waals surface area (Å²) in [4.78, 5) is 0. The normalized spacial score (nSPS) is 10.4. The van der Waals surface area contributed by atoms with Gasteiger partial charge in [-0.3, -0.25) is 0 Å². The number of aromatic hydroxyl groups is 1. The van der Waals surface area contributed by atoms with Crippen molar-refractivity contribution in [3.8, 4) is 11.8 Å². The molecule has 0 aliphatic carbocycles. The zero-order chi connectivity index (χ0) is 13.0. The lowest BCUT2D eigenvalue weighted by molar-refractivity contribution is 0.472. The predicted molar refractivity (Wildman–Crippen MR) is 71.1 cm³/mol. The summed E-state index contributed by atoms with van der Waals surface area (Å²) in [5.41, 5.74) is 1.88. The molecule has 88 valence electrons. The Morgan fingerprint density at radius 2 is 1.61 bits per heavy atom. The van der Waals surface area contributed by atoms with Gasteiger partial charge in [0.15, 0.2) is 0 Å². The van der Waals surface area contributed by atoms with E-state index < -0.39 is 0 Å². The fourth-order valence-electron chi connectivity index (χ4n) is 1.28. The summed E-state index contributed by atoms with van der Waals surface area (Å²) in [6.07, 6.45) is 0. The minimum atomic E-state index is 0.160. The second-order valence-electron chi connectivity index (χ2n) is 3.49. The van der Waals surface area contributed by atoms with E-state index in [0.29, 0.717) is 21.4 Å². The number of nitriles is 1. The summed E-state index contributed by atoms with van der Waals surface area (Å²) in [5, 5.41) is 26.1. The van der Waals surface area contributed by atoms with E-state index in [1.807, 2.05) is 6.07 Å². The van der Waals surface area contributed by atoms with Gasteiger partial charge in [-0.25, -0.2) is 0 Å². The first-order valence-electron chi connectivity index (χ1n) is 5.09. The highest BCUT2D eigenvalue weighted by molar-refractivity contribution is 9.10. The van der Waals surface area contributed by atoms with Gasteiger partial charge in [-0.1, -0.05) is 0 Å². The van der Waals surface area contributed by atoms with Gasteiger partial charge in [0.1, 0.15) is 5.75 Å². The maximum Gasteiger partial charge on any atom is 0.129 e. The quantitative estimate of drug-likeness (QED) is 0.833. The van der Waals surface area contributed by atoms with E-state index in [0.717, 1.165) is 0 Å². The first-order chi connectivity index (χ1) is 8.69. The molecule has 0 spiro atoms. The van der Waals surface area contributed by atoms with Crippen LogP contribution in [0.2, 0.25) is 0 Å². The Bertz CT molecular complexity index is 630. The molecule has 0 aliphatic rings. The fraction of sp³-hybridized carbons (Fsp3) is 0. The van der Waals surface area contributed by atoms with Gasteiger partial charge in [0.25, 0.3) is 0 Å². The molecule has 0 fully saturated rings. The molecule has 0 radical (unpaired) electrons. The van der Waals surface area contributed by atoms with Crippen LogP contribution in [0.4, 0.5) is 11.4 Å². The first kappa shape index (κ1) is 12.3. The molecule has 0 bridgehead atoms. The summed E-state index contributed by atoms with van der Waals surface area (Å²) >= 11 is 3.20. The molecule has 18 heavy (non-hydrogen) atoms. The maximum atomic E-state index is 9.34. The lowest BCUT2D eigenvalue weighted by Crippen LogP contribution is -1.71. The first-order valence-corrected chi connectivity index (χ1v) is 5.89. The number of azo groups is 1. The molecule has 0 atom stereocenters. The van der Waals surface area contributed by atoms with Crippen LogP contribution in [0.1, 0.15) is 5.56 Å². The molecule has 5 heteroatoms. The van der Waals surface area contributed by atoms with E-state index in [-0.39, 0.29) is 5.75 Å². The molecular formula is C13H8BrN3O. The second kappa shape index (κ2) is 5.43. The van der Waals surface area contributed by atoms with Crippen LogP contribution in [-0.4, -0.2) is 5.11 Å². The SMILES string of the molecule is N#Cc1ccc(/N=N/c2ccc(O)c(Br)c2)cc1. The van der Waals surface area contributed by atoms with Crippen molar-refractivity contribution in [2.24, 2.45) is 10.2 Å². The number of benzene rings is 2. The number of nitrogens with zero attached hydrogens (tertiary/aromatic N) is 3. The third-order valence-electron chi connectivity index (χ3n) is 2.21. The van der Waals surface area contributed by atoms with Gasteiger partial charge >= 0.3 is 0 Å². The van der Waals surface area contributed by atoms with Crippen LogP contribution in [0, 0.1) is 11.3 Å². The van der Waals surface area contributed by atoms with Crippen molar-refractivity contribution in [2.75, 3.05) is 0 Å². The smallest absolute Gasteiger partial charge is 0.129 e. The highest BCUT2D eigenvalue weighted by Crippen LogP contribution is 2.29. The Kier molecular flexibility index (Phi) is 3.70. The Morgan fingerprint density at radius 1 is 1.00 bits per heavy atom. The molecule has 0 saturated heterocycles. The molecule has 2 aromatic carbocycles. The summed E-state index contributed by atoms with van der Waals surface area (Å²) in [6.45, 7) is 0. The van der Waals surface area contributed by atoms with Gasteiger partial charge in [-0.15, -0.1) is 0 Å². The molecule has 0 aromatic heterocycles. The molecule has 0 amide bonds. The van der Waals surface area contributed by atoms with Crippen molar-refractivity contribution >= 4 is 27.3 Å². The molecule has 2 rings (SSSR count). The van der Waals surface area contributed by atoms with Gasteiger partial charge in [0, 0.05) is 0 Å². The lowest BCUT2D eigenvalue weighted by Gasteiger charge is -1.97. The van der Waals surface area contributed by atoms with Crippen molar-refractivity contribution in [3.63, 3.8) is 0 Å². The lowest BCUT2D eigenvalue weighted by atomic mass is 10.2. The maximum absolute atomic E-state index is 9.34. The van der Waals surface area contributed by atoms with Crippen LogP contribution in [0.15, 0.2) is 57.2 Å². The minimum absolute atomic E-state index is 0.160. The van der Waals surface area contributed by atoms with E-state index in [1.54, 1.807) is 36.4 Å². The fourth-order valence-corrected chi connectivity index (χ4v) is 1.64. The zero-order valence-electron chi connectivity index (χ0n) is 9.21. The van der Waals surface area contributed by atoms with Crippen LogP contribution < -0.4 is 0 Å². The number of rotatable bonds is 2. The van der Waals surface area contributed by atoms with Gasteiger partial charge in [-0.05, 0) is 58.4 Å². The van der Waals surface area contributed by atoms with E-state index in [4.69, 9.17) is 5.26 Å². The molecule has 0 heterocycles. The van der Waals surface area contributed by atoms with Gasteiger partial charge in [-0.2, -0.15) is 15.5 Å². The second-order valence-corrected chi connectivity index (χ2v) is 4.35.